The van der Waals surface area contributed by atoms with Crippen LogP contribution in [0.5, 0.6) is 0 Å². The second-order valence-electron chi connectivity index (χ2n) is 5.35. The molecule has 4 heteroatoms. The minimum atomic E-state index is -0.822. The summed E-state index contributed by atoms with van der Waals surface area (Å²) >= 11 is 0. The molecule has 1 heterocycles. The third kappa shape index (κ3) is 2.98. The van der Waals surface area contributed by atoms with Crippen molar-refractivity contribution in [2.45, 2.75) is 45.1 Å². The Morgan fingerprint density at radius 1 is 1.42 bits per heavy atom. The average Bonchev–Trinajstić information content (AvgIpc) is 2.80. The van der Waals surface area contributed by atoms with Crippen molar-refractivity contribution in [2.24, 2.45) is 5.41 Å². The second-order valence-corrected chi connectivity index (χ2v) is 5.35. The quantitative estimate of drug-likeness (QED) is 0.785. The van der Waals surface area contributed by atoms with Crippen molar-refractivity contribution < 1.29 is 9.21 Å². The smallest absolute Gasteiger partial charge is 0.243 e. The first-order valence-corrected chi connectivity index (χ1v) is 6.87. The number of carbonyl (C=O) groups excluding carboxylic acids is 1. The van der Waals surface area contributed by atoms with Crippen molar-refractivity contribution in [1.82, 2.24) is 4.90 Å². The molecular weight excluding hydrogens is 240 g/mol. The van der Waals surface area contributed by atoms with E-state index in [1.807, 2.05) is 6.07 Å². The molecule has 1 amide bonds. The molecule has 0 aromatic carbocycles. The van der Waals surface area contributed by atoms with Crippen molar-refractivity contribution in [2.75, 3.05) is 7.05 Å². The van der Waals surface area contributed by atoms with Gasteiger partial charge in [-0.25, -0.2) is 0 Å². The molecule has 1 saturated carbocycles. The number of carbonyl (C=O) groups is 1. The molecule has 102 valence electrons. The number of amides is 1. The molecule has 2 rings (SSSR count). The number of nitriles is 1. The van der Waals surface area contributed by atoms with E-state index in [2.05, 4.69) is 6.07 Å². The lowest BCUT2D eigenvalue weighted by atomic mass is 9.80. The fourth-order valence-electron chi connectivity index (χ4n) is 2.78. The first-order chi connectivity index (χ1) is 9.18. The lowest BCUT2D eigenvalue weighted by molar-refractivity contribution is -0.139. The van der Waals surface area contributed by atoms with Crippen LogP contribution in [0, 0.1) is 16.7 Å². The Kier molecular flexibility index (Phi) is 4.26. The van der Waals surface area contributed by atoms with Gasteiger partial charge in [-0.05, 0) is 25.0 Å². The summed E-state index contributed by atoms with van der Waals surface area (Å²) in [5.74, 6) is 0.686. The molecule has 0 aliphatic heterocycles. The van der Waals surface area contributed by atoms with Crippen LogP contribution in [0.2, 0.25) is 0 Å². The van der Waals surface area contributed by atoms with E-state index in [4.69, 9.17) is 4.42 Å². The summed E-state index contributed by atoms with van der Waals surface area (Å²) in [7, 11) is 1.74. The van der Waals surface area contributed by atoms with Crippen LogP contribution in [0.3, 0.4) is 0 Å². The maximum atomic E-state index is 12.6. The highest BCUT2D eigenvalue weighted by atomic mass is 16.3. The minimum Gasteiger partial charge on any atom is -0.467 e. The molecule has 0 N–H and O–H groups in total. The van der Waals surface area contributed by atoms with E-state index in [0.717, 1.165) is 31.4 Å². The molecule has 0 spiro atoms. The molecule has 4 nitrogen and oxygen atoms in total. The Morgan fingerprint density at radius 3 is 2.63 bits per heavy atom. The lowest BCUT2D eigenvalue weighted by Gasteiger charge is -2.28. The van der Waals surface area contributed by atoms with Crippen LogP contribution < -0.4 is 0 Å². The van der Waals surface area contributed by atoms with E-state index < -0.39 is 5.41 Å². The van der Waals surface area contributed by atoms with E-state index in [9.17, 15) is 10.1 Å². The van der Waals surface area contributed by atoms with Crippen LogP contribution in [-0.2, 0) is 11.3 Å². The van der Waals surface area contributed by atoms with Crippen LogP contribution in [0.1, 0.15) is 44.3 Å². The summed E-state index contributed by atoms with van der Waals surface area (Å²) in [6.45, 7) is 0.426. The molecule has 0 atom stereocenters. The molecular formula is C15H20N2O2. The maximum absolute atomic E-state index is 12.6. The molecule has 0 bridgehead atoms. The lowest BCUT2D eigenvalue weighted by Crippen LogP contribution is -2.40. The Hall–Kier alpha value is -1.76. The van der Waals surface area contributed by atoms with E-state index in [1.165, 1.54) is 0 Å². The Morgan fingerprint density at radius 2 is 2.11 bits per heavy atom. The Bertz CT molecular complexity index is 451. The van der Waals surface area contributed by atoms with Crippen LogP contribution in [0.4, 0.5) is 0 Å². The van der Waals surface area contributed by atoms with Gasteiger partial charge in [-0.3, -0.25) is 4.79 Å². The molecule has 0 unspecified atom stereocenters. The topological polar surface area (TPSA) is 57.2 Å². The van der Waals surface area contributed by atoms with E-state index >= 15 is 0 Å². The molecule has 1 aliphatic carbocycles. The van der Waals surface area contributed by atoms with Crippen molar-refractivity contribution in [3.8, 4) is 6.07 Å². The van der Waals surface area contributed by atoms with Gasteiger partial charge < -0.3 is 9.32 Å². The largest absolute Gasteiger partial charge is 0.467 e. The molecule has 1 aromatic rings. The van der Waals surface area contributed by atoms with Gasteiger partial charge in [-0.15, -0.1) is 0 Å². The van der Waals surface area contributed by atoms with Gasteiger partial charge in [0.25, 0.3) is 0 Å². The second kappa shape index (κ2) is 5.92. The van der Waals surface area contributed by atoms with Gasteiger partial charge in [-0.1, -0.05) is 25.7 Å². The van der Waals surface area contributed by atoms with Crippen molar-refractivity contribution in [3.05, 3.63) is 24.2 Å². The molecule has 1 aliphatic rings. The minimum absolute atomic E-state index is 0.0618. The monoisotopic (exact) mass is 260 g/mol. The zero-order valence-electron chi connectivity index (χ0n) is 11.4. The van der Waals surface area contributed by atoms with Crippen LogP contribution in [0.15, 0.2) is 22.8 Å². The highest BCUT2D eigenvalue weighted by Gasteiger charge is 2.40. The third-order valence-corrected chi connectivity index (χ3v) is 3.90. The third-order valence-electron chi connectivity index (χ3n) is 3.90. The molecule has 1 aromatic heterocycles. The summed E-state index contributed by atoms with van der Waals surface area (Å²) in [4.78, 5) is 14.2. The fraction of sp³-hybridized carbons (Fsp3) is 0.600. The predicted octanol–water partition coefficient (Wildman–Crippen LogP) is 3.10. The van der Waals surface area contributed by atoms with E-state index in [0.29, 0.717) is 19.4 Å². The Balaban J connectivity index is 2.09. The fourth-order valence-corrected chi connectivity index (χ4v) is 2.78. The zero-order chi connectivity index (χ0) is 13.7. The first-order valence-electron chi connectivity index (χ1n) is 6.87. The zero-order valence-corrected chi connectivity index (χ0v) is 11.4. The van der Waals surface area contributed by atoms with Crippen molar-refractivity contribution in [1.29, 1.82) is 5.26 Å². The van der Waals surface area contributed by atoms with Gasteiger partial charge >= 0.3 is 0 Å². The van der Waals surface area contributed by atoms with Crippen molar-refractivity contribution in [3.63, 3.8) is 0 Å². The summed E-state index contributed by atoms with van der Waals surface area (Å²) in [5, 5.41) is 9.49. The number of furan rings is 1. The summed E-state index contributed by atoms with van der Waals surface area (Å²) in [5.41, 5.74) is -0.822. The Labute approximate surface area is 114 Å². The molecule has 0 radical (unpaired) electrons. The van der Waals surface area contributed by atoms with Gasteiger partial charge in [0.15, 0.2) is 0 Å². The molecule has 19 heavy (non-hydrogen) atoms. The number of rotatable bonds is 3. The SMILES string of the molecule is CN(Cc1ccco1)C(=O)C1(C#N)CCCCCC1. The van der Waals surface area contributed by atoms with Crippen LogP contribution >= 0.6 is 0 Å². The highest BCUT2D eigenvalue weighted by Crippen LogP contribution is 2.36. The van der Waals surface area contributed by atoms with Gasteiger partial charge in [-0.2, -0.15) is 5.26 Å². The number of hydrogen-bond acceptors (Lipinski definition) is 3. The summed E-state index contributed by atoms with van der Waals surface area (Å²) < 4.78 is 5.26. The van der Waals surface area contributed by atoms with Gasteiger partial charge in [0.2, 0.25) is 5.91 Å². The molecule has 1 fully saturated rings. The first kappa shape index (κ1) is 13.7. The standard InChI is InChI=1S/C15H20N2O2/c1-17(11-13-7-6-10-19-13)14(18)15(12-16)8-4-2-3-5-9-15/h6-7,10H,2-5,8-9,11H2,1H3. The number of nitrogens with zero attached hydrogens (tertiary/aromatic N) is 2. The van der Waals surface area contributed by atoms with Crippen LogP contribution in [0.25, 0.3) is 0 Å². The number of hydrogen-bond donors (Lipinski definition) is 0. The van der Waals surface area contributed by atoms with Gasteiger partial charge in [0, 0.05) is 7.05 Å². The van der Waals surface area contributed by atoms with E-state index in [-0.39, 0.29) is 5.91 Å². The average molecular weight is 260 g/mol. The van der Waals surface area contributed by atoms with Gasteiger partial charge in [0.1, 0.15) is 11.2 Å². The van der Waals surface area contributed by atoms with Crippen molar-refractivity contribution >= 4 is 5.91 Å². The van der Waals surface area contributed by atoms with Crippen LogP contribution in [-0.4, -0.2) is 17.9 Å². The summed E-state index contributed by atoms with van der Waals surface area (Å²) in [6, 6.07) is 5.94. The molecule has 0 saturated heterocycles. The predicted molar refractivity (Wildman–Crippen MR) is 70.9 cm³/mol. The highest BCUT2D eigenvalue weighted by molar-refractivity contribution is 5.85. The summed E-state index contributed by atoms with van der Waals surface area (Å²) in [6.07, 6.45) is 7.15. The van der Waals surface area contributed by atoms with E-state index in [1.54, 1.807) is 24.3 Å². The maximum Gasteiger partial charge on any atom is 0.243 e. The van der Waals surface area contributed by atoms with Gasteiger partial charge in [0.05, 0.1) is 18.9 Å². The normalized spacial score (nSPS) is 18.3.